The Labute approximate surface area is 153 Å². The predicted octanol–water partition coefficient (Wildman–Crippen LogP) is 2.35. The lowest BCUT2D eigenvalue weighted by Gasteiger charge is -2.54. The molecule has 1 saturated heterocycles. The molecule has 7 nitrogen and oxygen atoms in total. The maximum absolute atomic E-state index is 12.7. The van der Waals surface area contributed by atoms with Crippen molar-refractivity contribution in [1.29, 1.82) is 0 Å². The molecule has 26 heavy (non-hydrogen) atoms. The molecule has 3 heterocycles. The van der Waals surface area contributed by atoms with E-state index in [1.54, 1.807) is 10.7 Å². The molecule has 1 N–H and O–H groups in total. The van der Waals surface area contributed by atoms with Crippen LogP contribution in [0, 0.1) is 17.3 Å². The monoisotopic (exact) mass is 354 g/mol. The highest BCUT2D eigenvalue weighted by atomic mass is 16.2. The van der Waals surface area contributed by atoms with E-state index in [0.29, 0.717) is 23.6 Å². The number of hydrogen-bond donors (Lipinski definition) is 1. The third-order valence-corrected chi connectivity index (χ3v) is 6.85. The fraction of sp³-hybridized carbons (Fsp3) is 0.684. The molecule has 1 spiro atoms. The summed E-state index contributed by atoms with van der Waals surface area (Å²) in [7, 11) is 0. The molecule has 0 radical (unpaired) electrons. The van der Waals surface area contributed by atoms with Gasteiger partial charge in [-0.3, -0.25) is 4.79 Å². The van der Waals surface area contributed by atoms with Crippen LogP contribution in [0.4, 0.5) is 5.82 Å². The molecule has 3 unspecified atom stereocenters. The highest BCUT2D eigenvalue weighted by Crippen LogP contribution is 2.49. The Bertz CT molecular complexity index is 828. The van der Waals surface area contributed by atoms with E-state index < -0.39 is 0 Å². The van der Waals surface area contributed by atoms with E-state index >= 15 is 0 Å². The van der Waals surface area contributed by atoms with Crippen molar-refractivity contribution in [1.82, 2.24) is 24.5 Å². The van der Waals surface area contributed by atoms with Crippen LogP contribution in [0.2, 0.25) is 0 Å². The van der Waals surface area contributed by atoms with Crippen molar-refractivity contribution in [3.63, 3.8) is 0 Å². The maximum atomic E-state index is 12.7. The highest BCUT2D eigenvalue weighted by molar-refractivity contribution is 5.77. The van der Waals surface area contributed by atoms with E-state index in [1.807, 2.05) is 6.07 Å². The van der Waals surface area contributed by atoms with Gasteiger partial charge in [-0.15, -0.1) is 0 Å². The highest BCUT2D eigenvalue weighted by Gasteiger charge is 2.49. The van der Waals surface area contributed by atoms with Gasteiger partial charge in [-0.25, -0.2) is 4.98 Å². The third-order valence-electron chi connectivity index (χ3n) is 6.85. The Kier molecular flexibility index (Phi) is 3.65. The van der Waals surface area contributed by atoms with Crippen LogP contribution in [0.25, 0.3) is 5.78 Å². The van der Waals surface area contributed by atoms with Gasteiger partial charge in [0.05, 0.1) is 0 Å². The SMILES string of the molecule is CC1CC1CC(=O)N1CCC(Nc2ccnc3ncnn23)C2(CCC2)C1. The topological polar surface area (TPSA) is 75.4 Å². The lowest BCUT2D eigenvalue weighted by molar-refractivity contribution is -0.137. The maximum Gasteiger partial charge on any atom is 0.254 e. The van der Waals surface area contributed by atoms with E-state index in [-0.39, 0.29) is 5.41 Å². The van der Waals surface area contributed by atoms with Gasteiger partial charge < -0.3 is 10.2 Å². The summed E-state index contributed by atoms with van der Waals surface area (Å²) in [6.45, 7) is 4.00. The van der Waals surface area contributed by atoms with Gasteiger partial charge in [0.1, 0.15) is 12.1 Å². The van der Waals surface area contributed by atoms with Crippen LogP contribution in [0.5, 0.6) is 0 Å². The second-order valence-corrected chi connectivity index (χ2v) is 8.50. The summed E-state index contributed by atoms with van der Waals surface area (Å²) in [6, 6.07) is 2.33. The van der Waals surface area contributed by atoms with Gasteiger partial charge in [0.2, 0.25) is 5.91 Å². The fourth-order valence-corrected chi connectivity index (χ4v) is 4.80. The molecular formula is C19H26N6O. The number of carbonyl (C=O) groups excluding carboxylic acids is 1. The Morgan fingerprint density at radius 3 is 2.96 bits per heavy atom. The molecule has 2 aromatic heterocycles. The van der Waals surface area contributed by atoms with Gasteiger partial charge in [0.15, 0.2) is 0 Å². The summed E-state index contributed by atoms with van der Waals surface area (Å²) in [5.41, 5.74) is 0.208. The normalized spacial score (nSPS) is 29.6. The number of likely N-dealkylation sites (tertiary alicyclic amines) is 1. The smallest absolute Gasteiger partial charge is 0.254 e. The van der Waals surface area contributed by atoms with Gasteiger partial charge in [-0.1, -0.05) is 13.3 Å². The number of amides is 1. The second-order valence-electron chi connectivity index (χ2n) is 8.50. The van der Waals surface area contributed by atoms with Gasteiger partial charge in [0.25, 0.3) is 5.78 Å². The molecule has 7 heteroatoms. The van der Waals surface area contributed by atoms with Crippen molar-refractivity contribution in [3.8, 4) is 0 Å². The minimum absolute atomic E-state index is 0.208. The first kappa shape index (κ1) is 16.0. The molecule has 3 fully saturated rings. The molecule has 2 saturated carbocycles. The third kappa shape index (κ3) is 2.64. The number of nitrogens with one attached hydrogen (secondary N) is 1. The molecule has 138 valence electrons. The fourth-order valence-electron chi connectivity index (χ4n) is 4.80. The molecule has 2 aliphatic carbocycles. The van der Waals surface area contributed by atoms with E-state index in [0.717, 1.165) is 37.7 Å². The molecule has 2 aromatic rings. The molecule has 1 amide bonds. The lowest BCUT2D eigenvalue weighted by atomic mass is 9.61. The van der Waals surface area contributed by atoms with Crippen LogP contribution in [0.15, 0.2) is 18.6 Å². The number of piperidine rings is 1. The first-order chi connectivity index (χ1) is 12.6. The molecule has 5 rings (SSSR count). The van der Waals surface area contributed by atoms with Crippen molar-refractivity contribution in [2.75, 3.05) is 18.4 Å². The number of anilines is 1. The standard InChI is InChI=1S/C19H26N6O/c1-13-9-14(13)10-17(26)24-8-4-15(19(11-24)5-2-6-19)23-16-3-7-20-18-21-12-22-25(16)18/h3,7,12-15,23H,2,4-6,8-11H2,1H3. The van der Waals surface area contributed by atoms with Crippen LogP contribution in [-0.4, -0.2) is 49.5 Å². The minimum Gasteiger partial charge on any atom is -0.366 e. The summed E-state index contributed by atoms with van der Waals surface area (Å²) in [5, 5.41) is 7.99. The molecular weight excluding hydrogens is 328 g/mol. The second kappa shape index (κ2) is 5.93. The van der Waals surface area contributed by atoms with Crippen LogP contribution >= 0.6 is 0 Å². The van der Waals surface area contributed by atoms with Crippen LogP contribution < -0.4 is 5.32 Å². The van der Waals surface area contributed by atoms with E-state index in [1.165, 1.54) is 32.0 Å². The molecule has 1 aliphatic heterocycles. The summed E-state index contributed by atoms with van der Waals surface area (Å²) in [5.74, 6) is 3.30. The summed E-state index contributed by atoms with van der Waals surface area (Å²) in [6.07, 6.45) is 9.92. The largest absolute Gasteiger partial charge is 0.366 e. The quantitative estimate of drug-likeness (QED) is 0.912. The number of carbonyl (C=O) groups is 1. The zero-order valence-corrected chi connectivity index (χ0v) is 15.3. The minimum atomic E-state index is 0.208. The van der Waals surface area contributed by atoms with E-state index in [4.69, 9.17) is 0 Å². The average molecular weight is 354 g/mol. The summed E-state index contributed by atoms with van der Waals surface area (Å²) in [4.78, 5) is 23.2. The van der Waals surface area contributed by atoms with Crippen LogP contribution in [0.1, 0.15) is 45.4 Å². The van der Waals surface area contributed by atoms with Gasteiger partial charge in [-0.05, 0) is 43.6 Å². The van der Waals surface area contributed by atoms with Gasteiger partial charge in [0, 0.05) is 37.2 Å². The number of aromatic nitrogens is 4. The van der Waals surface area contributed by atoms with E-state index in [2.05, 4.69) is 32.2 Å². The van der Waals surface area contributed by atoms with Crippen LogP contribution in [0.3, 0.4) is 0 Å². The average Bonchev–Trinajstić information content (AvgIpc) is 3.09. The number of nitrogens with zero attached hydrogens (tertiary/aromatic N) is 5. The molecule has 0 bridgehead atoms. The van der Waals surface area contributed by atoms with Crippen molar-refractivity contribution >= 4 is 17.5 Å². The number of fused-ring (bicyclic) bond motifs is 1. The van der Waals surface area contributed by atoms with Crippen LogP contribution in [-0.2, 0) is 4.79 Å². The first-order valence-corrected chi connectivity index (χ1v) is 9.84. The Morgan fingerprint density at radius 1 is 1.38 bits per heavy atom. The summed E-state index contributed by atoms with van der Waals surface area (Å²) < 4.78 is 1.76. The lowest BCUT2D eigenvalue weighted by Crippen LogP contribution is -2.59. The molecule has 3 atom stereocenters. The summed E-state index contributed by atoms with van der Waals surface area (Å²) >= 11 is 0. The van der Waals surface area contributed by atoms with Gasteiger partial charge in [-0.2, -0.15) is 14.6 Å². The molecule has 3 aliphatic rings. The van der Waals surface area contributed by atoms with Crippen molar-refractivity contribution < 1.29 is 4.79 Å². The van der Waals surface area contributed by atoms with Crippen molar-refractivity contribution in [3.05, 3.63) is 18.6 Å². The Morgan fingerprint density at radius 2 is 2.23 bits per heavy atom. The predicted molar refractivity (Wildman–Crippen MR) is 97.6 cm³/mol. The number of hydrogen-bond acceptors (Lipinski definition) is 5. The van der Waals surface area contributed by atoms with Crippen molar-refractivity contribution in [2.24, 2.45) is 17.3 Å². The first-order valence-electron chi connectivity index (χ1n) is 9.84. The zero-order chi connectivity index (χ0) is 17.7. The van der Waals surface area contributed by atoms with Crippen molar-refractivity contribution in [2.45, 2.75) is 51.5 Å². The Balaban J connectivity index is 1.31. The molecule has 0 aromatic carbocycles. The Hall–Kier alpha value is -2.18. The van der Waals surface area contributed by atoms with E-state index in [9.17, 15) is 4.79 Å². The number of rotatable bonds is 4. The zero-order valence-electron chi connectivity index (χ0n) is 15.3. The van der Waals surface area contributed by atoms with Gasteiger partial charge >= 0.3 is 0 Å².